The lowest BCUT2D eigenvalue weighted by atomic mass is 9.80. The lowest BCUT2D eigenvalue weighted by Crippen LogP contribution is -2.32. The van der Waals surface area contributed by atoms with E-state index in [4.69, 9.17) is 9.47 Å². The number of benzene rings is 2. The van der Waals surface area contributed by atoms with Gasteiger partial charge in [-0.2, -0.15) is 0 Å². The highest BCUT2D eigenvalue weighted by Crippen LogP contribution is 2.53. The van der Waals surface area contributed by atoms with E-state index < -0.39 is 0 Å². The van der Waals surface area contributed by atoms with Crippen molar-refractivity contribution in [1.29, 1.82) is 0 Å². The minimum Gasteiger partial charge on any atom is -0.396 e. The number of aliphatic hydroxyl groups is 1. The Morgan fingerprint density at radius 2 is 1.37 bits per heavy atom. The van der Waals surface area contributed by atoms with Crippen LogP contribution in [0.25, 0.3) is 0 Å². The maximum Gasteiger partial charge on any atom is 0.0717 e. The van der Waals surface area contributed by atoms with Gasteiger partial charge in [0.05, 0.1) is 26.4 Å². The third kappa shape index (κ3) is 5.19. The van der Waals surface area contributed by atoms with Crippen molar-refractivity contribution >= 4 is 0 Å². The van der Waals surface area contributed by atoms with Crippen LogP contribution in [0.4, 0.5) is 0 Å². The smallest absolute Gasteiger partial charge is 0.0717 e. The van der Waals surface area contributed by atoms with E-state index in [0.29, 0.717) is 32.3 Å². The van der Waals surface area contributed by atoms with Crippen molar-refractivity contribution in [2.75, 3.05) is 19.8 Å². The van der Waals surface area contributed by atoms with Crippen LogP contribution < -0.4 is 0 Å². The zero-order valence-corrected chi connectivity index (χ0v) is 16.6. The first-order chi connectivity index (χ1) is 13.1. The molecule has 0 aliphatic heterocycles. The molecule has 2 atom stereocenters. The Morgan fingerprint density at radius 3 is 1.78 bits per heavy atom. The van der Waals surface area contributed by atoms with Crippen LogP contribution in [-0.4, -0.2) is 24.9 Å². The molecule has 0 heterocycles. The fourth-order valence-corrected chi connectivity index (χ4v) is 4.39. The number of aliphatic hydroxyl groups excluding tert-OH is 1. The zero-order chi connectivity index (χ0) is 19.2. The summed E-state index contributed by atoms with van der Waals surface area (Å²) in [5.41, 5.74) is 2.27. The standard InChI is InChI=1S/C24H32O3/c1-20-13-24(16-23(20,2)17-25,18-26-14-21-9-5-3-6-10-21)19-27-15-22-11-7-4-8-12-22/h3-12,20,25H,13-19H2,1-2H3/t20-,23+/m1/s1. The average molecular weight is 369 g/mol. The average Bonchev–Trinajstić information content (AvgIpc) is 2.94. The van der Waals surface area contributed by atoms with Gasteiger partial charge in [-0.15, -0.1) is 0 Å². The molecule has 3 rings (SSSR count). The van der Waals surface area contributed by atoms with E-state index in [1.54, 1.807) is 0 Å². The Bertz CT molecular complexity index is 640. The maximum atomic E-state index is 9.95. The number of hydrogen-bond acceptors (Lipinski definition) is 3. The van der Waals surface area contributed by atoms with Crippen LogP contribution in [0.5, 0.6) is 0 Å². The molecule has 146 valence electrons. The Labute approximate surface area is 163 Å². The number of rotatable bonds is 9. The quantitative estimate of drug-likeness (QED) is 0.689. The van der Waals surface area contributed by atoms with Gasteiger partial charge >= 0.3 is 0 Å². The highest BCUT2D eigenvalue weighted by Gasteiger charge is 2.50. The molecular weight excluding hydrogens is 336 g/mol. The molecule has 1 saturated carbocycles. The van der Waals surface area contributed by atoms with Crippen molar-refractivity contribution in [3.05, 3.63) is 71.8 Å². The summed E-state index contributed by atoms with van der Waals surface area (Å²) in [6.45, 7) is 7.21. The predicted molar refractivity (Wildman–Crippen MR) is 108 cm³/mol. The summed E-state index contributed by atoms with van der Waals surface area (Å²) in [5.74, 6) is 0.447. The molecule has 1 aliphatic carbocycles. The Hall–Kier alpha value is -1.68. The van der Waals surface area contributed by atoms with Crippen LogP contribution in [0.2, 0.25) is 0 Å². The van der Waals surface area contributed by atoms with Gasteiger partial charge in [0.1, 0.15) is 0 Å². The molecule has 27 heavy (non-hydrogen) atoms. The third-order valence-corrected chi connectivity index (χ3v) is 6.11. The second-order valence-corrected chi connectivity index (χ2v) is 8.55. The minimum absolute atomic E-state index is 0.0412. The molecule has 1 fully saturated rings. The molecule has 1 aliphatic rings. The number of hydrogen-bond donors (Lipinski definition) is 1. The first-order valence-electron chi connectivity index (χ1n) is 9.89. The molecular formula is C24H32O3. The van der Waals surface area contributed by atoms with Gasteiger partial charge in [0.25, 0.3) is 0 Å². The Kier molecular flexibility index (Phi) is 6.69. The molecule has 0 unspecified atom stereocenters. The van der Waals surface area contributed by atoms with E-state index >= 15 is 0 Å². The lowest BCUT2D eigenvalue weighted by molar-refractivity contribution is -0.0375. The number of ether oxygens (including phenoxy) is 2. The fraction of sp³-hybridized carbons (Fsp3) is 0.500. The van der Waals surface area contributed by atoms with Crippen LogP contribution in [0.15, 0.2) is 60.7 Å². The zero-order valence-electron chi connectivity index (χ0n) is 16.6. The SMILES string of the molecule is C[C@@H]1CC(COCc2ccccc2)(COCc2ccccc2)C[C@@]1(C)CO. The Morgan fingerprint density at radius 1 is 0.889 bits per heavy atom. The van der Waals surface area contributed by atoms with Crippen LogP contribution in [-0.2, 0) is 22.7 Å². The molecule has 0 radical (unpaired) electrons. The summed E-state index contributed by atoms with van der Waals surface area (Å²) >= 11 is 0. The summed E-state index contributed by atoms with van der Waals surface area (Å²) < 4.78 is 12.3. The lowest BCUT2D eigenvalue weighted by Gasteiger charge is -2.31. The predicted octanol–water partition coefficient (Wildman–Crippen LogP) is 4.83. The van der Waals surface area contributed by atoms with E-state index in [9.17, 15) is 5.11 Å². The molecule has 0 saturated heterocycles. The van der Waals surface area contributed by atoms with Crippen LogP contribution in [0, 0.1) is 16.7 Å². The summed E-state index contributed by atoms with van der Waals surface area (Å²) in [6.07, 6.45) is 1.95. The largest absolute Gasteiger partial charge is 0.396 e. The van der Waals surface area contributed by atoms with Gasteiger partial charge in [0, 0.05) is 12.0 Å². The first-order valence-corrected chi connectivity index (χ1v) is 9.89. The normalized spacial score (nSPS) is 24.2. The van der Waals surface area contributed by atoms with Crippen molar-refractivity contribution in [3.8, 4) is 0 Å². The molecule has 3 nitrogen and oxygen atoms in total. The Balaban J connectivity index is 1.62. The van der Waals surface area contributed by atoms with Gasteiger partial charge in [0.2, 0.25) is 0 Å². The molecule has 1 N–H and O–H groups in total. The van der Waals surface area contributed by atoms with E-state index in [1.807, 2.05) is 36.4 Å². The molecule has 2 aromatic rings. The second-order valence-electron chi connectivity index (χ2n) is 8.55. The molecule has 0 spiro atoms. The van der Waals surface area contributed by atoms with Crippen molar-refractivity contribution in [2.45, 2.75) is 39.9 Å². The van der Waals surface area contributed by atoms with Crippen LogP contribution in [0.1, 0.15) is 37.8 Å². The topological polar surface area (TPSA) is 38.7 Å². The maximum absolute atomic E-state index is 9.95. The summed E-state index contributed by atoms with van der Waals surface area (Å²) in [4.78, 5) is 0. The second kappa shape index (κ2) is 9.01. The van der Waals surface area contributed by atoms with Gasteiger partial charge in [0.15, 0.2) is 0 Å². The van der Waals surface area contributed by atoms with Crippen LogP contribution in [0.3, 0.4) is 0 Å². The highest BCUT2D eigenvalue weighted by molar-refractivity contribution is 5.14. The van der Waals surface area contributed by atoms with Crippen molar-refractivity contribution < 1.29 is 14.6 Å². The van der Waals surface area contributed by atoms with Gasteiger partial charge in [-0.3, -0.25) is 0 Å². The highest BCUT2D eigenvalue weighted by atomic mass is 16.5. The van der Waals surface area contributed by atoms with E-state index in [-0.39, 0.29) is 17.4 Å². The first kappa shape index (κ1) is 20.1. The van der Waals surface area contributed by atoms with E-state index in [2.05, 4.69) is 38.1 Å². The van der Waals surface area contributed by atoms with Crippen molar-refractivity contribution in [1.82, 2.24) is 0 Å². The van der Waals surface area contributed by atoms with E-state index in [0.717, 1.165) is 12.8 Å². The fourth-order valence-electron chi connectivity index (χ4n) is 4.39. The third-order valence-electron chi connectivity index (χ3n) is 6.11. The summed E-state index contributed by atoms with van der Waals surface area (Å²) in [6, 6.07) is 20.6. The van der Waals surface area contributed by atoms with E-state index in [1.165, 1.54) is 11.1 Å². The van der Waals surface area contributed by atoms with Crippen LogP contribution >= 0.6 is 0 Å². The molecule has 0 amide bonds. The molecule has 0 bridgehead atoms. The van der Waals surface area contributed by atoms with Gasteiger partial charge < -0.3 is 14.6 Å². The molecule has 2 aromatic carbocycles. The minimum atomic E-state index is -0.0633. The summed E-state index contributed by atoms with van der Waals surface area (Å²) in [7, 11) is 0. The van der Waals surface area contributed by atoms with Gasteiger partial charge in [-0.1, -0.05) is 74.5 Å². The monoisotopic (exact) mass is 368 g/mol. The summed E-state index contributed by atoms with van der Waals surface area (Å²) in [5, 5.41) is 9.95. The molecule has 0 aromatic heterocycles. The molecule has 3 heteroatoms. The van der Waals surface area contributed by atoms with Crippen molar-refractivity contribution in [3.63, 3.8) is 0 Å². The van der Waals surface area contributed by atoms with Gasteiger partial charge in [-0.25, -0.2) is 0 Å². The van der Waals surface area contributed by atoms with Gasteiger partial charge in [-0.05, 0) is 35.3 Å². The van der Waals surface area contributed by atoms with Crippen molar-refractivity contribution in [2.24, 2.45) is 16.7 Å².